The Balaban J connectivity index is 2.32. The second-order valence-corrected chi connectivity index (χ2v) is 4.75. The van der Waals surface area contributed by atoms with Gasteiger partial charge in [0.05, 0.1) is 25.5 Å². The molecule has 4 nitrogen and oxygen atoms in total. The largest absolute Gasteiger partial charge is 0.496 e. The summed E-state index contributed by atoms with van der Waals surface area (Å²) in [5.41, 5.74) is 2.73. The van der Waals surface area contributed by atoms with Crippen LogP contribution in [0.2, 0.25) is 0 Å². The molecule has 0 radical (unpaired) electrons. The molecule has 0 bridgehead atoms. The number of hydrogen-bond donors (Lipinski definition) is 1. The predicted molar refractivity (Wildman–Crippen MR) is 80.0 cm³/mol. The maximum atomic E-state index is 10.0. The molecule has 1 atom stereocenters. The SMILES string of the molecule is COc1cccc(N(C)Cc2ccccn2)c1[C@@H](C)O. The van der Waals surface area contributed by atoms with E-state index < -0.39 is 6.10 Å². The number of aromatic nitrogens is 1. The maximum absolute atomic E-state index is 10.0. The van der Waals surface area contributed by atoms with Crippen molar-refractivity contribution in [2.45, 2.75) is 19.6 Å². The van der Waals surface area contributed by atoms with Gasteiger partial charge >= 0.3 is 0 Å². The Morgan fingerprint density at radius 2 is 2.05 bits per heavy atom. The van der Waals surface area contributed by atoms with Crippen LogP contribution in [-0.4, -0.2) is 24.2 Å². The Hall–Kier alpha value is -2.07. The summed E-state index contributed by atoms with van der Waals surface area (Å²) >= 11 is 0. The average Bonchev–Trinajstić information content (AvgIpc) is 2.47. The molecule has 0 fully saturated rings. The van der Waals surface area contributed by atoms with Crippen LogP contribution < -0.4 is 9.64 Å². The molecule has 106 valence electrons. The fourth-order valence-corrected chi connectivity index (χ4v) is 2.28. The van der Waals surface area contributed by atoms with Crippen LogP contribution in [0.25, 0.3) is 0 Å². The van der Waals surface area contributed by atoms with Gasteiger partial charge < -0.3 is 14.7 Å². The van der Waals surface area contributed by atoms with Gasteiger partial charge in [-0.2, -0.15) is 0 Å². The van der Waals surface area contributed by atoms with E-state index in [4.69, 9.17) is 4.74 Å². The third kappa shape index (κ3) is 3.08. The fourth-order valence-electron chi connectivity index (χ4n) is 2.28. The van der Waals surface area contributed by atoms with E-state index in [9.17, 15) is 5.11 Å². The highest BCUT2D eigenvalue weighted by molar-refractivity contribution is 5.60. The monoisotopic (exact) mass is 272 g/mol. The summed E-state index contributed by atoms with van der Waals surface area (Å²) in [4.78, 5) is 6.39. The Labute approximate surface area is 119 Å². The first-order chi connectivity index (χ1) is 9.63. The number of aliphatic hydroxyl groups excluding tert-OH is 1. The molecule has 1 aromatic heterocycles. The lowest BCUT2D eigenvalue weighted by Gasteiger charge is -2.24. The third-order valence-electron chi connectivity index (χ3n) is 3.22. The summed E-state index contributed by atoms with van der Waals surface area (Å²) < 4.78 is 5.35. The molecule has 4 heteroatoms. The molecular weight excluding hydrogens is 252 g/mol. The quantitative estimate of drug-likeness (QED) is 0.909. The molecule has 1 N–H and O–H groups in total. The number of pyridine rings is 1. The molecule has 20 heavy (non-hydrogen) atoms. The lowest BCUT2D eigenvalue weighted by atomic mass is 10.1. The first kappa shape index (κ1) is 14.3. The van der Waals surface area contributed by atoms with Crippen LogP contribution in [0.1, 0.15) is 24.3 Å². The van der Waals surface area contributed by atoms with Crippen molar-refractivity contribution in [1.82, 2.24) is 4.98 Å². The Morgan fingerprint density at radius 1 is 1.25 bits per heavy atom. The van der Waals surface area contributed by atoms with Crippen LogP contribution in [0.5, 0.6) is 5.75 Å². The number of nitrogens with zero attached hydrogens (tertiary/aromatic N) is 2. The smallest absolute Gasteiger partial charge is 0.126 e. The highest BCUT2D eigenvalue weighted by Crippen LogP contribution is 2.34. The van der Waals surface area contributed by atoms with Crippen molar-refractivity contribution in [3.8, 4) is 5.75 Å². The number of methoxy groups -OCH3 is 1. The molecule has 2 rings (SSSR count). The third-order valence-corrected chi connectivity index (χ3v) is 3.22. The van der Waals surface area contributed by atoms with Gasteiger partial charge in [0.25, 0.3) is 0 Å². The van der Waals surface area contributed by atoms with E-state index in [1.165, 1.54) is 0 Å². The lowest BCUT2D eigenvalue weighted by molar-refractivity contribution is 0.194. The van der Waals surface area contributed by atoms with E-state index >= 15 is 0 Å². The zero-order valence-electron chi connectivity index (χ0n) is 12.1. The highest BCUT2D eigenvalue weighted by atomic mass is 16.5. The normalized spacial score (nSPS) is 12.0. The van der Waals surface area contributed by atoms with Crippen molar-refractivity contribution in [2.75, 3.05) is 19.1 Å². The molecule has 0 spiro atoms. The summed E-state index contributed by atoms with van der Waals surface area (Å²) in [6.07, 6.45) is 1.19. The average molecular weight is 272 g/mol. The van der Waals surface area contributed by atoms with Gasteiger partial charge in [-0.25, -0.2) is 0 Å². The van der Waals surface area contributed by atoms with Gasteiger partial charge in [-0.05, 0) is 31.2 Å². The summed E-state index contributed by atoms with van der Waals surface area (Å²) in [7, 11) is 3.60. The van der Waals surface area contributed by atoms with E-state index in [0.717, 1.165) is 16.9 Å². The molecule has 0 saturated carbocycles. The molecule has 1 aromatic carbocycles. The number of hydrogen-bond acceptors (Lipinski definition) is 4. The molecule has 0 saturated heterocycles. The van der Waals surface area contributed by atoms with Crippen LogP contribution in [0, 0.1) is 0 Å². The molecule has 0 unspecified atom stereocenters. The van der Waals surface area contributed by atoms with E-state index in [1.54, 1.807) is 20.2 Å². The Morgan fingerprint density at radius 3 is 2.65 bits per heavy atom. The van der Waals surface area contributed by atoms with Crippen molar-refractivity contribution < 1.29 is 9.84 Å². The Kier molecular flexibility index (Phi) is 4.58. The van der Waals surface area contributed by atoms with Gasteiger partial charge in [-0.3, -0.25) is 4.98 Å². The van der Waals surface area contributed by atoms with Gasteiger partial charge in [0, 0.05) is 24.5 Å². The van der Waals surface area contributed by atoms with Crippen LogP contribution in [0.3, 0.4) is 0 Å². The van der Waals surface area contributed by atoms with E-state index in [1.807, 2.05) is 43.4 Å². The number of rotatable bonds is 5. The number of anilines is 1. The summed E-state index contributed by atoms with van der Waals surface area (Å²) in [5.74, 6) is 0.699. The summed E-state index contributed by atoms with van der Waals surface area (Å²) in [6.45, 7) is 2.42. The van der Waals surface area contributed by atoms with Gasteiger partial charge in [0.15, 0.2) is 0 Å². The van der Waals surface area contributed by atoms with Crippen LogP contribution in [0.4, 0.5) is 5.69 Å². The molecule has 0 aliphatic carbocycles. The second-order valence-electron chi connectivity index (χ2n) is 4.75. The van der Waals surface area contributed by atoms with E-state index in [-0.39, 0.29) is 0 Å². The van der Waals surface area contributed by atoms with Crippen molar-refractivity contribution in [3.05, 3.63) is 53.9 Å². The minimum absolute atomic E-state index is 0.590. The van der Waals surface area contributed by atoms with Gasteiger partial charge in [0.1, 0.15) is 5.75 Å². The standard InChI is InChI=1S/C16H20N2O2/c1-12(19)16-14(8-6-9-15(16)20-3)18(2)11-13-7-4-5-10-17-13/h4-10,12,19H,11H2,1-3H3/t12-/m1/s1. The maximum Gasteiger partial charge on any atom is 0.126 e. The fraction of sp³-hybridized carbons (Fsp3) is 0.312. The number of benzene rings is 1. The number of aliphatic hydroxyl groups is 1. The van der Waals surface area contributed by atoms with Crippen molar-refractivity contribution in [1.29, 1.82) is 0 Å². The van der Waals surface area contributed by atoms with Crippen LogP contribution in [-0.2, 0) is 6.54 Å². The van der Waals surface area contributed by atoms with E-state index in [0.29, 0.717) is 12.3 Å². The first-order valence-corrected chi connectivity index (χ1v) is 6.59. The van der Waals surface area contributed by atoms with Gasteiger partial charge in [-0.15, -0.1) is 0 Å². The van der Waals surface area contributed by atoms with Crippen LogP contribution >= 0.6 is 0 Å². The first-order valence-electron chi connectivity index (χ1n) is 6.59. The highest BCUT2D eigenvalue weighted by Gasteiger charge is 2.17. The number of ether oxygens (including phenoxy) is 1. The molecule has 0 aliphatic heterocycles. The van der Waals surface area contributed by atoms with Gasteiger partial charge in [0.2, 0.25) is 0 Å². The van der Waals surface area contributed by atoms with Gasteiger partial charge in [-0.1, -0.05) is 12.1 Å². The zero-order valence-corrected chi connectivity index (χ0v) is 12.1. The second kappa shape index (κ2) is 6.39. The van der Waals surface area contributed by atoms with Crippen molar-refractivity contribution in [2.24, 2.45) is 0 Å². The van der Waals surface area contributed by atoms with E-state index in [2.05, 4.69) is 9.88 Å². The summed E-state index contributed by atoms with van der Waals surface area (Å²) in [6, 6.07) is 11.6. The molecular formula is C16H20N2O2. The summed E-state index contributed by atoms with van der Waals surface area (Å²) in [5, 5.41) is 10.0. The topological polar surface area (TPSA) is 45.6 Å². The predicted octanol–water partition coefficient (Wildman–Crippen LogP) is 2.78. The zero-order chi connectivity index (χ0) is 14.5. The Bertz CT molecular complexity index is 556. The lowest BCUT2D eigenvalue weighted by Crippen LogP contribution is -2.19. The van der Waals surface area contributed by atoms with Crippen molar-refractivity contribution >= 4 is 5.69 Å². The minimum atomic E-state index is -0.590. The molecule has 1 heterocycles. The molecule has 0 amide bonds. The van der Waals surface area contributed by atoms with Crippen LogP contribution in [0.15, 0.2) is 42.6 Å². The minimum Gasteiger partial charge on any atom is -0.496 e. The molecule has 0 aliphatic rings. The molecule has 2 aromatic rings. The van der Waals surface area contributed by atoms with Crippen molar-refractivity contribution in [3.63, 3.8) is 0 Å².